The fourth-order valence-electron chi connectivity index (χ4n) is 1.93. The topological polar surface area (TPSA) is 55.3 Å². The first-order valence-corrected chi connectivity index (χ1v) is 7.53. The van der Waals surface area contributed by atoms with E-state index in [-0.39, 0.29) is 6.09 Å². The van der Waals surface area contributed by atoms with Crippen molar-refractivity contribution in [2.45, 2.75) is 44.4 Å². The van der Waals surface area contributed by atoms with Crippen LogP contribution in [0.15, 0.2) is 11.4 Å². The molecule has 0 aliphatic carbocycles. The fourth-order valence-corrected chi connectivity index (χ4v) is 2.29. The zero-order valence-electron chi connectivity index (χ0n) is 11.8. The van der Waals surface area contributed by atoms with Crippen molar-refractivity contribution in [3.05, 3.63) is 11.9 Å². The van der Waals surface area contributed by atoms with Gasteiger partial charge in [0.15, 0.2) is 5.16 Å². The Morgan fingerprint density at radius 3 is 2.84 bits per heavy atom. The van der Waals surface area contributed by atoms with Crippen molar-refractivity contribution in [3.8, 4) is 0 Å². The molecule has 2 heterocycles. The highest BCUT2D eigenvalue weighted by atomic mass is 32.2. The maximum absolute atomic E-state index is 12.2. The molecule has 5 nitrogen and oxygen atoms in total. The summed E-state index contributed by atoms with van der Waals surface area (Å²) < 4.78 is 5.42. The molecular formula is C13H19N3O2S. The average molecular weight is 281 g/mol. The summed E-state index contributed by atoms with van der Waals surface area (Å²) in [5, 5.41) is 0.741. The molecular weight excluding hydrogens is 262 g/mol. The highest BCUT2D eigenvalue weighted by Gasteiger charge is 2.28. The molecule has 1 aliphatic rings. The molecule has 19 heavy (non-hydrogen) atoms. The van der Waals surface area contributed by atoms with Gasteiger partial charge in [0, 0.05) is 6.54 Å². The molecule has 0 spiro atoms. The number of carbonyl (C=O) groups excluding carboxylic acids is 1. The van der Waals surface area contributed by atoms with Crippen molar-refractivity contribution in [2.24, 2.45) is 0 Å². The number of rotatable bonds is 1. The number of fused-ring (bicyclic) bond motifs is 1. The van der Waals surface area contributed by atoms with Gasteiger partial charge in [0.2, 0.25) is 0 Å². The molecule has 0 unspecified atom stereocenters. The third-order valence-corrected chi connectivity index (χ3v) is 3.27. The highest BCUT2D eigenvalue weighted by molar-refractivity contribution is 7.98. The Morgan fingerprint density at radius 1 is 1.47 bits per heavy atom. The molecule has 0 radical (unpaired) electrons. The minimum absolute atomic E-state index is 0.325. The number of hydrogen-bond acceptors (Lipinski definition) is 5. The van der Waals surface area contributed by atoms with Gasteiger partial charge in [-0.3, -0.25) is 4.90 Å². The summed E-state index contributed by atoms with van der Waals surface area (Å²) >= 11 is 1.50. The second-order valence-corrected chi connectivity index (χ2v) is 6.20. The number of ether oxygens (including phenoxy) is 1. The Bertz CT molecular complexity index is 485. The zero-order valence-corrected chi connectivity index (χ0v) is 12.6. The van der Waals surface area contributed by atoms with E-state index in [1.165, 1.54) is 11.8 Å². The van der Waals surface area contributed by atoms with E-state index >= 15 is 0 Å². The number of hydrogen-bond donors (Lipinski definition) is 0. The predicted octanol–water partition coefficient (Wildman–Crippen LogP) is 2.89. The Kier molecular flexibility index (Phi) is 3.99. The number of aromatic nitrogens is 2. The van der Waals surface area contributed by atoms with Crippen molar-refractivity contribution in [1.29, 1.82) is 0 Å². The first kappa shape index (κ1) is 14.1. The normalized spacial score (nSPS) is 15.1. The van der Waals surface area contributed by atoms with Crippen molar-refractivity contribution in [3.63, 3.8) is 0 Å². The van der Waals surface area contributed by atoms with Gasteiger partial charge in [0.1, 0.15) is 5.60 Å². The van der Waals surface area contributed by atoms with Gasteiger partial charge in [-0.1, -0.05) is 11.8 Å². The molecule has 0 N–H and O–H groups in total. The van der Waals surface area contributed by atoms with Crippen molar-refractivity contribution >= 4 is 23.5 Å². The molecule has 0 fully saturated rings. The summed E-state index contributed by atoms with van der Waals surface area (Å²) in [6, 6.07) is 0. The number of thioether (sulfide) groups is 1. The van der Waals surface area contributed by atoms with Crippen LogP contribution in [0.3, 0.4) is 0 Å². The van der Waals surface area contributed by atoms with E-state index in [0.29, 0.717) is 6.54 Å². The molecule has 0 bridgehead atoms. The maximum atomic E-state index is 12.2. The maximum Gasteiger partial charge on any atom is 0.414 e. The van der Waals surface area contributed by atoms with Gasteiger partial charge < -0.3 is 4.74 Å². The zero-order chi connectivity index (χ0) is 14.0. The molecule has 0 aromatic carbocycles. The Hall–Kier alpha value is -1.30. The summed E-state index contributed by atoms with van der Waals surface area (Å²) in [6.07, 6.45) is 5.11. The lowest BCUT2D eigenvalue weighted by atomic mass is 10.1. The Labute approximate surface area is 117 Å². The minimum Gasteiger partial charge on any atom is -0.443 e. The molecule has 0 atom stereocenters. The summed E-state index contributed by atoms with van der Waals surface area (Å²) in [4.78, 5) is 22.5. The molecule has 0 saturated carbocycles. The summed E-state index contributed by atoms with van der Waals surface area (Å²) in [5.41, 5.74) is 1.21. The third kappa shape index (κ3) is 3.37. The molecule has 1 amide bonds. The molecule has 1 aromatic heterocycles. The van der Waals surface area contributed by atoms with Crippen LogP contribution in [-0.2, 0) is 11.2 Å². The molecule has 2 rings (SSSR count). The Morgan fingerprint density at radius 2 is 2.21 bits per heavy atom. The van der Waals surface area contributed by atoms with Gasteiger partial charge in [-0.15, -0.1) is 0 Å². The van der Waals surface area contributed by atoms with E-state index in [2.05, 4.69) is 9.97 Å². The standard InChI is InChI=1S/C13H19N3O2S/c1-13(2,3)18-12(17)16-7-5-6-9-10(16)8-14-11(15-9)19-4/h8H,5-7H2,1-4H3. The van der Waals surface area contributed by atoms with Crippen LogP contribution in [0.5, 0.6) is 0 Å². The molecule has 104 valence electrons. The smallest absolute Gasteiger partial charge is 0.414 e. The second-order valence-electron chi connectivity index (χ2n) is 5.42. The quantitative estimate of drug-likeness (QED) is 0.585. The first-order chi connectivity index (χ1) is 8.90. The lowest BCUT2D eigenvalue weighted by Gasteiger charge is -2.30. The molecule has 1 aliphatic heterocycles. The number of aryl methyl sites for hydroxylation is 1. The largest absolute Gasteiger partial charge is 0.443 e. The highest BCUT2D eigenvalue weighted by Crippen LogP contribution is 2.27. The van der Waals surface area contributed by atoms with Crippen LogP contribution in [0.4, 0.5) is 10.5 Å². The van der Waals surface area contributed by atoms with Gasteiger partial charge in [0.05, 0.1) is 17.6 Å². The predicted molar refractivity (Wildman–Crippen MR) is 75.7 cm³/mol. The van der Waals surface area contributed by atoms with Crippen LogP contribution in [0, 0.1) is 0 Å². The van der Waals surface area contributed by atoms with E-state index in [0.717, 1.165) is 29.4 Å². The van der Waals surface area contributed by atoms with Gasteiger partial charge in [-0.05, 0) is 39.9 Å². The van der Waals surface area contributed by atoms with Gasteiger partial charge in [-0.25, -0.2) is 14.8 Å². The van der Waals surface area contributed by atoms with E-state index in [1.54, 1.807) is 11.1 Å². The SMILES string of the molecule is CSc1ncc2c(n1)CCCN2C(=O)OC(C)(C)C. The number of amides is 1. The van der Waals surface area contributed by atoms with E-state index < -0.39 is 5.60 Å². The first-order valence-electron chi connectivity index (χ1n) is 6.31. The summed E-state index contributed by atoms with van der Waals surface area (Å²) in [5.74, 6) is 0. The summed E-state index contributed by atoms with van der Waals surface area (Å²) in [6.45, 7) is 6.25. The Balaban J connectivity index is 2.25. The fraction of sp³-hybridized carbons (Fsp3) is 0.615. The van der Waals surface area contributed by atoms with Crippen LogP contribution >= 0.6 is 11.8 Å². The number of nitrogens with zero attached hydrogens (tertiary/aromatic N) is 3. The van der Waals surface area contributed by atoms with Crippen LogP contribution in [-0.4, -0.2) is 34.5 Å². The van der Waals surface area contributed by atoms with E-state index in [9.17, 15) is 4.79 Å². The number of anilines is 1. The lowest BCUT2D eigenvalue weighted by Crippen LogP contribution is -2.40. The van der Waals surface area contributed by atoms with Crippen LogP contribution in [0.2, 0.25) is 0 Å². The van der Waals surface area contributed by atoms with Crippen LogP contribution < -0.4 is 4.90 Å². The van der Waals surface area contributed by atoms with Crippen LogP contribution in [0.25, 0.3) is 0 Å². The second kappa shape index (κ2) is 5.36. The van der Waals surface area contributed by atoms with Crippen molar-refractivity contribution in [2.75, 3.05) is 17.7 Å². The lowest BCUT2D eigenvalue weighted by molar-refractivity contribution is 0.0577. The molecule has 6 heteroatoms. The van der Waals surface area contributed by atoms with Crippen LogP contribution in [0.1, 0.15) is 32.9 Å². The summed E-state index contributed by atoms with van der Waals surface area (Å²) in [7, 11) is 0. The molecule has 0 saturated heterocycles. The van der Waals surface area contributed by atoms with Gasteiger partial charge in [-0.2, -0.15) is 0 Å². The van der Waals surface area contributed by atoms with E-state index in [1.807, 2.05) is 27.0 Å². The third-order valence-electron chi connectivity index (χ3n) is 2.71. The molecule has 1 aromatic rings. The van der Waals surface area contributed by atoms with Gasteiger partial charge >= 0.3 is 6.09 Å². The minimum atomic E-state index is -0.491. The van der Waals surface area contributed by atoms with Crippen molar-refractivity contribution in [1.82, 2.24) is 9.97 Å². The number of carbonyl (C=O) groups is 1. The average Bonchev–Trinajstić information content (AvgIpc) is 2.35. The monoisotopic (exact) mass is 281 g/mol. The van der Waals surface area contributed by atoms with Gasteiger partial charge in [0.25, 0.3) is 0 Å². The van der Waals surface area contributed by atoms with Crippen molar-refractivity contribution < 1.29 is 9.53 Å². The van der Waals surface area contributed by atoms with E-state index in [4.69, 9.17) is 4.74 Å².